The topological polar surface area (TPSA) is 34.4 Å². The molecular weight excluding hydrogens is 336 g/mol. The van der Waals surface area contributed by atoms with Crippen LogP contribution in [-0.2, 0) is 11.8 Å². The van der Waals surface area contributed by atoms with E-state index in [9.17, 15) is 4.79 Å². The highest BCUT2D eigenvalue weighted by Crippen LogP contribution is 2.27. The van der Waals surface area contributed by atoms with Crippen LogP contribution < -0.4 is 4.80 Å². The minimum atomic E-state index is -0.241. The van der Waals surface area contributed by atoms with Crippen LogP contribution in [0.3, 0.4) is 0 Å². The normalized spacial score (nSPS) is 12.6. The fourth-order valence-electron chi connectivity index (χ4n) is 2.63. The molecule has 2 aromatic carbocycles. The zero-order valence-electron chi connectivity index (χ0n) is 13.0. The first kappa shape index (κ1) is 15.1. The number of amides is 1. The molecule has 0 N–H and O–H groups in total. The standard InChI is InChI=1S/C19H14N2OS2/c1-21-16-10-8-13-5-2-3-7-15(13)18(16)24-19(21)20-17(22)11-9-14-6-4-12-23-14/h2-12H,1H3/b11-9+,20-19?. The predicted molar refractivity (Wildman–Crippen MR) is 102 cm³/mol. The van der Waals surface area contributed by atoms with Crippen molar-refractivity contribution < 1.29 is 4.79 Å². The van der Waals surface area contributed by atoms with Crippen LogP contribution in [-0.4, -0.2) is 10.5 Å². The van der Waals surface area contributed by atoms with Gasteiger partial charge in [-0.2, -0.15) is 4.99 Å². The number of benzene rings is 2. The molecule has 0 unspecified atom stereocenters. The van der Waals surface area contributed by atoms with Gasteiger partial charge in [0.2, 0.25) is 0 Å². The molecule has 0 aliphatic carbocycles. The summed E-state index contributed by atoms with van der Waals surface area (Å²) in [6, 6.07) is 16.4. The number of nitrogens with zero attached hydrogens (tertiary/aromatic N) is 2. The first-order valence-corrected chi connectivity index (χ1v) is 9.19. The summed E-state index contributed by atoms with van der Waals surface area (Å²) in [6.07, 6.45) is 3.33. The molecule has 118 valence electrons. The maximum absolute atomic E-state index is 12.1. The minimum Gasteiger partial charge on any atom is -0.319 e. The number of hydrogen-bond acceptors (Lipinski definition) is 3. The smallest absolute Gasteiger partial charge is 0.272 e. The van der Waals surface area contributed by atoms with Gasteiger partial charge in [0.05, 0.1) is 10.2 Å². The molecular formula is C19H14N2OS2. The molecule has 0 fully saturated rings. The average molecular weight is 350 g/mol. The van der Waals surface area contributed by atoms with Crippen LogP contribution in [0.25, 0.3) is 27.1 Å². The number of aromatic nitrogens is 1. The summed E-state index contributed by atoms with van der Waals surface area (Å²) in [4.78, 5) is 18.2. The Bertz CT molecular complexity index is 1130. The Labute approximate surface area is 146 Å². The lowest BCUT2D eigenvalue weighted by atomic mass is 10.1. The Hall–Kier alpha value is -2.50. The first-order valence-electron chi connectivity index (χ1n) is 7.50. The van der Waals surface area contributed by atoms with Crippen molar-refractivity contribution in [3.63, 3.8) is 0 Å². The Morgan fingerprint density at radius 3 is 2.83 bits per heavy atom. The molecule has 0 radical (unpaired) electrons. The molecule has 4 aromatic rings. The summed E-state index contributed by atoms with van der Waals surface area (Å²) < 4.78 is 3.13. The Morgan fingerprint density at radius 2 is 2.00 bits per heavy atom. The van der Waals surface area contributed by atoms with E-state index in [0.29, 0.717) is 4.80 Å². The molecule has 0 atom stereocenters. The third-order valence-electron chi connectivity index (χ3n) is 3.84. The third kappa shape index (κ3) is 2.72. The Kier molecular flexibility index (Phi) is 3.88. The molecule has 1 amide bonds. The second-order valence-electron chi connectivity index (χ2n) is 5.38. The number of rotatable bonds is 2. The quantitative estimate of drug-likeness (QED) is 0.487. The van der Waals surface area contributed by atoms with E-state index in [-0.39, 0.29) is 5.91 Å². The van der Waals surface area contributed by atoms with Gasteiger partial charge in [-0.25, -0.2) is 0 Å². The van der Waals surface area contributed by atoms with E-state index in [1.807, 2.05) is 41.3 Å². The van der Waals surface area contributed by atoms with Crippen LogP contribution in [0.5, 0.6) is 0 Å². The van der Waals surface area contributed by atoms with Gasteiger partial charge < -0.3 is 4.57 Å². The number of fused-ring (bicyclic) bond motifs is 3. The van der Waals surface area contributed by atoms with Crippen LogP contribution in [0.4, 0.5) is 0 Å². The van der Waals surface area contributed by atoms with Crippen LogP contribution in [0.15, 0.2) is 65.0 Å². The number of hydrogen-bond donors (Lipinski definition) is 0. The van der Waals surface area contributed by atoms with E-state index in [2.05, 4.69) is 29.3 Å². The van der Waals surface area contributed by atoms with Crippen molar-refractivity contribution in [3.05, 3.63) is 69.7 Å². The van der Waals surface area contributed by atoms with E-state index >= 15 is 0 Å². The lowest BCUT2D eigenvalue weighted by molar-refractivity contribution is -0.113. The maximum atomic E-state index is 12.1. The molecule has 24 heavy (non-hydrogen) atoms. The van der Waals surface area contributed by atoms with Gasteiger partial charge in [-0.3, -0.25) is 4.79 Å². The predicted octanol–water partition coefficient (Wildman–Crippen LogP) is 4.60. The van der Waals surface area contributed by atoms with Gasteiger partial charge in [0, 0.05) is 23.4 Å². The van der Waals surface area contributed by atoms with Crippen molar-refractivity contribution in [1.82, 2.24) is 4.57 Å². The van der Waals surface area contributed by atoms with E-state index in [0.717, 1.165) is 15.1 Å². The monoisotopic (exact) mass is 350 g/mol. The van der Waals surface area contributed by atoms with Gasteiger partial charge in [-0.05, 0) is 29.0 Å². The molecule has 2 heterocycles. The highest BCUT2D eigenvalue weighted by molar-refractivity contribution is 7.17. The molecule has 5 heteroatoms. The highest BCUT2D eigenvalue weighted by atomic mass is 32.1. The summed E-state index contributed by atoms with van der Waals surface area (Å²) in [6.45, 7) is 0. The van der Waals surface area contributed by atoms with Crippen LogP contribution in [0, 0.1) is 0 Å². The van der Waals surface area contributed by atoms with Crippen molar-refractivity contribution in [2.45, 2.75) is 0 Å². The lowest BCUT2D eigenvalue weighted by Crippen LogP contribution is -2.12. The fraction of sp³-hybridized carbons (Fsp3) is 0.0526. The number of aryl methyl sites for hydroxylation is 1. The number of thiophene rings is 1. The van der Waals surface area contributed by atoms with Crippen LogP contribution in [0.2, 0.25) is 0 Å². The summed E-state index contributed by atoms with van der Waals surface area (Å²) in [5.41, 5.74) is 1.09. The van der Waals surface area contributed by atoms with Gasteiger partial charge in [0.1, 0.15) is 0 Å². The average Bonchev–Trinajstić information content (AvgIpc) is 3.22. The second kappa shape index (κ2) is 6.19. The van der Waals surface area contributed by atoms with E-state index in [1.54, 1.807) is 28.7 Å². The van der Waals surface area contributed by atoms with Crippen molar-refractivity contribution >= 4 is 55.6 Å². The van der Waals surface area contributed by atoms with E-state index in [4.69, 9.17) is 0 Å². The highest BCUT2D eigenvalue weighted by Gasteiger charge is 2.07. The number of carbonyl (C=O) groups is 1. The van der Waals surface area contributed by atoms with E-state index in [1.165, 1.54) is 16.8 Å². The third-order valence-corrected chi connectivity index (χ3v) is 5.86. The fourth-order valence-corrected chi connectivity index (χ4v) is 4.41. The van der Waals surface area contributed by atoms with Gasteiger partial charge >= 0.3 is 0 Å². The number of carbonyl (C=O) groups excluding carboxylic acids is 1. The summed E-state index contributed by atoms with van der Waals surface area (Å²) >= 11 is 3.15. The molecule has 0 saturated heterocycles. The van der Waals surface area contributed by atoms with Gasteiger partial charge in [-0.1, -0.05) is 47.7 Å². The maximum Gasteiger partial charge on any atom is 0.272 e. The minimum absolute atomic E-state index is 0.241. The van der Waals surface area contributed by atoms with Gasteiger partial charge in [-0.15, -0.1) is 11.3 Å². The van der Waals surface area contributed by atoms with Crippen LogP contribution in [0.1, 0.15) is 4.88 Å². The molecule has 0 spiro atoms. The van der Waals surface area contributed by atoms with Gasteiger partial charge in [0.15, 0.2) is 4.80 Å². The molecule has 0 saturated carbocycles. The van der Waals surface area contributed by atoms with Gasteiger partial charge in [0.25, 0.3) is 5.91 Å². The van der Waals surface area contributed by atoms with Crippen molar-refractivity contribution in [2.24, 2.45) is 12.0 Å². The second-order valence-corrected chi connectivity index (χ2v) is 7.33. The lowest BCUT2D eigenvalue weighted by Gasteiger charge is -1.99. The molecule has 4 rings (SSSR count). The Morgan fingerprint density at radius 1 is 1.12 bits per heavy atom. The van der Waals surface area contributed by atoms with Crippen molar-refractivity contribution in [3.8, 4) is 0 Å². The Balaban J connectivity index is 1.80. The summed E-state index contributed by atoms with van der Waals surface area (Å²) in [7, 11) is 1.95. The molecule has 0 aliphatic rings. The zero-order chi connectivity index (χ0) is 16.5. The van der Waals surface area contributed by atoms with Crippen molar-refractivity contribution in [2.75, 3.05) is 0 Å². The SMILES string of the molecule is Cn1c(=NC(=O)/C=C/c2cccs2)sc2c3ccccc3ccc21. The zero-order valence-corrected chi connectivity index (χ0v) is 14.6. The summed E-state index contributed by atoms with van der Waals surface area (Å²) in [5.74, 6) is -0.241. The molecule has 2 aromatic heterocycles. The van der Waals surface area contributed by atoms with Crippen molar-refractivity contribution in [1.29, 1.82) is 0 Å². The molecule has 0 bridgehead atoms. The molecule has 0 aliphatic heterocycles. The largest absolute Gasteiger partial charge is 0.319 e. The number of thiazole rings is 1. The summed E-state index contributed by atoms with van der Waals surface area (Å²) in [5, 5.41) is 4.37. The van der Waals surface area contributed by atoms with Crippen LogP contribution >= 0.6 is 22.7 Å². The van der Waals surface area contributed by atoms with E-state index < -0.39 is 0 Å². The first-order chi connectivity index (χ1) is 11.7. The molecule has 3 nitrogen and oxygen atoms in total.